The highest BCUT2D eigenvalue weighted by atomic mass is 35.5. The normalized spacial score (nSPS) is 10.8. The van der Waals surface area contributed by atoms with Gasteiger partial charge in [-0.2, -0.15) is 5.10 Å². The maximum absolute atomic E-state index is 12.1. The summed E-state index contributed by atoms with van der Waals surface area (Å²) in [6.07, 6.45) is 0.315. The molecule has 5 nitrogen and oxygen atoms in total. The first-order valence-corrected chi connectivity index (χ1v) is 8.19. The first-order chi connectivity index (χ1) is 11.7. The summed E-state index contributed by atoms with van der Waals surface area (Å²) in [5.74, 6) is 0.711. The highest BCUT2D eigenvalue weighted by Gasteiger charge is 2.09. The fourth-order valence-corrected chi connectivity index (χ4v) is 2.74. The predicted molar refractivity (Wildman–Crippen MR) is 95.6 cm³/mol. The van der Waals surface area contributed by atoms with Gasteiger partial charge in [0.25, 0.3) is 0 Å². The molecular weight excluding hydrogens is 326 g/mol. The Labute approximate surface area is 145 Å². The van der Waals surface area contributed by atoms with E-state index in [0.29, 0.717) is 24.7 Å². The second-order valence-electron chi connectivity index (χ2n) is 5.29. The van der Waals surface area contributed by atoms with Crippen LogP contribution in [0.5, 0.6) is 5.75 Å². The smallest absolute Gasteiger partial charge is 0.226 e. The van der Waals surface area contributed by atoms with E-state index in [-0.39, 0.29) is 5.91 Å². The van der Waals surface area contributed by atoms with Crippen molar-refractivity contribution in [3.8, 4) is 5.75 Å². The number of amides is 1. The Morgan fingerprint density at radius 2 is 1.96 bits per heavy atom. The lowest BCUT2D eigenvalue weighted by Gasteiger charge is -2.07. The summed E-state index contributed by atoms with van der Waals surface area (Å²) >= 11 is 6.12. The van der Waals surface area contributed by atoms with Gasteiger partial charge in [-0.05, 0) is 43.3 Å². The highest BCUT2D eigenvalue weighted by molar-refractivity contribution is 6.34. The van der Waals surface area contributed by atoms with Crippen molar-refractivity contribution >= 4 is 34.1 Å². The average Bonchev–Trinajstić information content (AvgIpc) is 2.92. The maximum atomic E-state index is 12.1. The lowest BCUT2D eigenvalue weighted by atomic mass is 10.2. The van der Waals surface area contributed by atoms with Crippen molar-refractivity contribution in [3.05, 3.63) is 53.7 Å². The minimum Gasteiger partial charge on any atom is -0.494 e. The molecule has 1 aromatic heterocycles. The summed E-state index contributed by atoms with van der Waals surface area (Å²) in [6, 6.07) is 15.0. The van der Waals surface area contributed by atoms with Crippen molar-refractivity contribution < 1.29 is 9.53 Å². The Morgan fingerprint density at radius 1 is 1.21 bits per heavy atom. The quantitative estimate of drug-likeness (QED) is 0.732. The molecular formula is C18H18ClN3O2. The number of aromatic nitrogens is 2. The summed E-state index contributed by atoms with van der Waals surface area (Å²) in [5, 5.41) is 8.50. The number of benzene rings is 2. The third-order valence-electron chi connectivity index (χ3n) is 3.61. The Balaban J connectivity index is 1.60. The molecule has 2 aromatic carbocycles. The van der Waals surface area contributed by atoms with Crippen LogP contribution in [0.3, 0.4) is 0 Å². The number of hydrogen-bond donors (Lipinski definition) is 1. The molecule has 0 radical (unpaired) electrons. The molecule has 0 unspecified atom stereocenters. The molecule has 0 saturated heterocycles. The highest BCUT2D eigenvalue weighted by Crippen LogP contribution is 2.22. The van der Waals surface area contributed by atoms with Crippen LogP contribution in [-0.4, -0.2) is 22.3 Å². The summed E-state index contributed by atoms with van der Waals surface area (Å²) in [4.78, 5) is 12.1. The molecule has 3 rings (SSSR count). The van der Waals surface area contributed by atoms with E-state index in [2.05, 4.69) is 10.4 Å². The Bertz CT molecular complexity index is 843. The molecule has 0 fully saturated rings. The largest absolute Gasteiger partial charge is 0.494 e. The number of nitrogens with zero attached hydrogens (tertiary/aromatic N) is 2. The van der Waals surface area contributed by atoms with E-state index in [9.17, 15) is 4.79 Å². The van der Waals surface area contributed by atoms with Crippen molar-refractivity contribution in [1.82, 2.24) is 9.78 Å². The number of carbonyl (C=O) groups is 1. The standard InChI is InChI=1S/C18H18ClN3O2/c1-2-24-14-9-7-13(8-10-14)20-17(23)11-12-22-16-6-4-3-5-15(16)18(19)21-22/h3-10H,2,11-12H2,1H3,(H,20,23). The van der Waals surface area contributed by atoms with Crippen LogP contribution >= 0.6 is 11.6 Å². The van der Waals surface area contributed by atoms with Gasteiger partial charge < -0.3 is 10.1 Å². The zero-order valence-corrected chi connectivity index (χ0v) is 14.1. The number of anilines is 1. The molecule has 1 heterocycles. The monoisotopic (exact) mass is 343 g/mol. The molecule has 6 heteroatoms. The number of aryl methyl sites for hydroxylation is 1. The van der Waals surface area contributed by atoms with Gasteiger partial charge in [0.1, 0.15) is 5.75 Å². The Morgan fingerprint density at radius 3 is 2.71 bits per heavy atom. The van der Waals surface area contributed by atoms with Crippen molar-refractivity contribution in [2.24, 2.45) is 0 Å². The van der Waals surface area contributed by atoms with Crippen LogP contribution in [0.4, 0.5) is 5.69 Å². The summed E-state index contributed by atoms with van der Waals surface area (Å²) < 4.78 is 7.14. The van der Waals surface area contributed by atoms with Crippen molar-refractivity contribution in [2.75, 3.05) is 11.9 Å². The first kappa shape index (κ1) is 16.3. The number of carbonyl (C=O) groups excluding carboxylic acids is 1. The summed E-state index contributed by atoms with van der Waals surface area (Å²) in [6.45, 7) is 3.02. The molecule has 0 aliphatic carbocycles. The Hall–Kier alpha value is -2.53. The van der Waals surface area contributed by atoms with Gasteiger partial charge in [0.05, 0.1) is 18.7 Å². The molecule has 124 valence electrons. The summed E-state index contributed by atoms with van der Waals surface area (Å²) in [7, 11) is 0. The average molecular weight is 344 g/mol. The van der Waals surface area contributed by atoms with E-state index < -0.39 is 0 Å². The van der Waals surface area contributed by atoms with E-state index in [1.807, 2.05) is 55.5 Å². The van der Waals surface area contributed by atoms with Crippen LogP contribution in [0, 0.1) is 0 Å². The van der Waals surface area contributed by atoms with E-state index >= 15 is 0 Å². The van der Waals surface area contributed by atoms with E-state index in [1.54, 1.807) is 4.68 Å². The van der Waals surface area contributed by atoms with Gasteiger partial charge in [0.2, 0.25) is 5.91 Å². The number of nitrogens with one attached hydrogen (secondary N) is 1. The fourth-order valence-electron chi connectivity index (χ4n) is 2.49. The summed E-state index contributed by atoms with van der Waals surface area (Å²) in [5.41, 5.74) is 1.67. The van der Waals surface area contributed by atoms with Crippen LogP contribution in [0.15, 0.2) is 48.5 Å². The molecule has 0 bridgehead atoms. The molecule has 0 saturated carbocycles. The minimum absolute atomic E-state index is 0.0742. The molecule has 0 spiro atoms. The van der Waals surface area contributed by atoms with Gasteiger partial charge in [-0.3, -0.25) is 9.48 Å². The number of hydrogen-bond acceptors (Lipinski definition) is 3. The minimum atomic E-state index is -0.0742. The molecule has 1 N–H and O–H groups in total. The Kier molecular flexibility index (Phi) is 5.01. The molecule has 1 amide bonds. The van der Waals surface area contributed by atoms with Gasteiger partial charge >= 0.3 is 0 Å². The number of halogens is 1. The molecule has 3 aromatic rings. The first-order valence-electron chi connectivity index (χ1n) is 7.81. The zero-order valence-electron chi connectivity index (χ0n) is 13.3. The van der Waals surface area contributed by atoms with Gasteiger partial charge in [-0.1, -0.05) is 23.7 Å². The second-order valence-corrected chi connectivity index (χ2v) is 5.64. The van der Waals surface area contributed by atoms with Crippen LogP contribution in [-0.2, 0) is 11.3 Å². The van der Waals surface area contributed by atoms with Crippen LogP contribution < -0.4 is 10.1 Å². The molecule has 0 aliphatic rings. The van der Waals surface area contributed by atoms with Gasteiger partial charge in [0.15, 0.2) is 5.15 Å². The lowest BCUT2D eigenvalue weighted by molar-refractivity contribution is -0.116. The van der Waals surface area contributed by atoms with Gasteiger partial charge in [0, 0.05) is 17.5 Å². The van der Waals surface area contributed by atoms with E-state index in [0.717, 1.165) is 22.3 Å². The zero-order chi connectivity index (χ0) is 16.9. The van der Waals surface area contributed by atoms with Crippen molar-refractivity contribution in [2.45, 2.75) is 19.9 Å². The molecule has 24 heavy (non-hydrogen) atoms. The van der Waals surface area contributed by atoms with Crippen LogP contribution in [0.25, 0.3) is 10.9 Å². The number of fused-ring (bicyclic) bond motifs is 1. The third kappa shape index (κ3) is 3.68. The number of rotatable bonds is 6. The van der Waals surface area contributed by atoms with Crippen LogP contribution in [0.2, 0.25) is 5.15 Å². The number of para-hydroxylation sites is 1. The SMILES string of the molecule is CCOc1ccc(NC(=O)CCn2nc(Cl)c3ccccc32)cc1. The van der Waals surface area contributed by atoms with Gasteiger partial charge in [-0.15, -0.1) is 0 Å². The van der Waals surface area contributed by atoms with Crippen molar-refractivity contribution in [1.29, 1.82) is 0 Å². The van der Waals surface area contributed by atoms with E-state index in [1.165, 1.54) is 0 Å². The number of ether oxygens (including phenoxy) is 1. The molecule has 0 aliphatic heterocycles. The lowest BCUT2D eigenvalue weighted by Crippen LogP contribution is -2.15. The van der Waals surface area contributed by atoms with Crippen molar-refractivity contribution in [3.63, 3.8) is 0 Å². The topological polar surface area (TPSA) is 56.1 Å². The second kappa shape index (κ2) is 7.36. The maximum Gasteiger partial charge on any atom is 0.226 e. The van der Waals surface area contributed by atoms with Crippen LogP contribution in [0.1, 0.15) is 13.3 Å². The van der Waals surface area contributed by atoms with Gasteiger partial charge in [-0.25, -0.2) is 0 Å². The fraction of sp³-hybridized carbons (Fsp3) is 0.222. The van der Waals surface area contributed by atoms with E-state index in [4.69, 9.17) is 16.3 Å². The third-order valence-corrected chi connectivity index (χ3v) is 3.89. The predicted octanol–water partition coefficient (Wildman–Crippen LogP) is 4.12. The molecule has 0 atom stereocenters.